The molecule has 110 valence electrons. The van der Waals surface area contributed by atoms with E-state index in [0.29, 0.717) is 6.54 Å². The third kappa shape index (κ3) is 3.25. The quantitative estimate of drug-likeness (QED) is 0.884. The van der Waals surface area contributed by atoms with E-state index in [1.54, 1.807) is 0 Å². The van der Waals surface area contributed by atoms with E-state index in [0.717, 1.165) is 30.9 Å². The smallest absolute Gasteiger partial charge is 0.143 e. The van der Waals surface area contributed by atoms with Crippen LogP contribution in [-0.2, 0) is 6.54 Å². The molecule has 2 heterocycles. The Morgan fingerprint density at radius 1 is 1.25 bits per heavy atom. The molecule has 4 heteroatoms. The lowest BCUT2D eigenvalue weighted by Crippen LogP contribution is -2.33. The third-order valence-electron chi connectivity index (χ3n) is 4.20. The molecule has 3 rings (SSSR count). The monoisotopic (exact) mass is 275 g/mol. The molecular weight excluding hydrogens is 250 g/mol. The van der Waals surface area contributed by atoms with Crippen molar-refractivity contribution >= 4 is 5.69 Å². The van der Waals surface area contributed by atoms with Crippen LogP contribution < -0.4 is 15.8 Å². The van der Waals surface area contributed by atoms with Gasteiger partial charge in [-0.1, -0.05) is 12.5 Å². The summed E-state index contributed by atoms with van der Waals surface area (Å²) in [6.45, 7) is 5.03. The summed E-state index contributed by atoms with van der Waals surface area (Å²) in [6.07, 6.45) is 5.16. The van der Waals surface area contributed by atoms with Gasteiger partial charge in [0.05, 0.1) is 12.2 Å². The molecule has 0 aliphatic carbocycles. The van der Waals surface area contributed by atoms with Crippen molar-refractivity contribution in [3.05, 3.63) is 23.8 Å². The highest BCUT2D eigenvalue weighted by Gasteiger charge is 2.19. The van der Waals surface area contributed by atoms with Crippen LogP contribution in [0.25, 0.3) is 0 Å². The number of ether oxygens (including phenoxy) is 1. The fourth-order valence-corrected chi connectivity index (χ4v) is 3.08. The summed E-state index contributed by atoms with van der Waals surface area (Å²) in [7, 11) is 0. The van der Waals surface area contributed by atoms with Crippen LogP contribution in [-0.4, -0.2) is 37.2 Å². The average molecular weight is 275 g/mol. The predicted octanol–water partition coefficient (Wildman–Crippen LogP) is 2.19. The molecule has 0 spiro atoms. The number of nitrogens with zero attached hydrogens (tertiary/aromatic N) is 1. The van der Waals surface area contributed by atoms with E-state index in [1.807, 2.05) is 0 Å². The van der Waals surface area contributed by atoms with E-state index in [9.17, 15) is 0 Å². The first-order valence-electron chi connectivity index (χ1n) is 7.81. The molecule has 1 aromatic carbocycles. The van der Waals surface area contributed by atoms with Crippen LogP contribution in [0.1, 0.15) is 31.2 Å². The molecule has 1 fully saturated rings. The standard InChI is InChI=1S/C16H25N3O/c17-7-6-14-11-18-15-5-4-13(10-16(15)20-14)12-19-8-2-1-3-9-19/h4-5,10,14,18H,1-3,6-9,11-12,17H2. The molecule has 3 N–H and O–H groups in total. The van der Waals surface area contributed by atoms with Gasteiger partial charge in [-0.2, -0.15) is 0 Å². The molecule has 20 heavy (non-hydrogen) atoms. The number of anilines is 1. The summed E-state index contributed by atoms with van der Waals surface area (Å²) >= 11 is 0. The van der Waals surface area contributed by atoms with Gasteiger partial charge < -0.3 is 15.8 Å². The first-order valence-corrected chi connectivity index (χ1v) is 7.81. The van der Waals surface area contributed by atoms with Crippen molar-refractivity contribution < 1.29 is 4.74 Å². The van der Waals surface area contributed by atoms with Crippen LogP contribution >= 0.6 is 0 Å². The Balaban J connectivity index is 1.66. The molecule has 0 saturated carbocycles. The van der Waals surface area contributed by atoms with Crippen molar-refractivity contribution in [3.63, 3.8) is 0 Å². The van der Waals surface area contributed by atoms with Crippen LogP contribution in [0, 0.1) is 0 Å². The number of piperidine rings is 1. The van der Waals surface area contributed by atoms with Gasteiger partial charge in [0, 0.05) is 6.54 Å². The van der Waals surface area contributed by atoms with Gasteiger partial charge >= 0.3 is 0 Å². The first-order chi connectivity index (χ1) is 9.85. The lowest BCUT2D eigenvalue weighted by atomic mass is 10.1. The van der Waals surface area contributed by atoms with Gasteiger partial charge in [0.1, 0.15) is 11.9 Å². The highest BCUT2D eigenvalue weighted by molar-refractivity contribution is 5.59. The van der Waals surface area contributed by atoms with Crippen molar-refractivity contribution in [2.75, 3.05) is 31.5 Å². The maximum atomic E-state index is 6.04. The zero-order valence-corrected chi connectivity index (χ0v) is 12.1. The van der Waals surface area contributed by atoms with Crippen molar-refractivity contribution in [2.45, 2.75) is 38.3 Å². The Hall–Kier alpha value is -1.26. The molecule has 1 saturated heterocycles. The van der Waals surface area contributed by atoms with E-state index >= 15 is 0 Å². The van der Waals surface area contributed by atoms with Gasteiger partial charge in [0.25, 0.3) is 0 Å². The SMILES string of the molecule is NCCC1CNc2ccc(CN3CCCCC3)cc2O1. The average Bonchev–Trinajstić information content (AvgIpc) is 2.48. The number of nitrogens with two attached hydrogens (primary N) is 1. The summed E-state index contributed by atoms with van der Waals surface area (Å²) in [4.78, 5) is 2.54. The van der Waals surface area contributed by atoms with Gasteiger partial charge in [0.15, 0.2) is 0 Å². The minimum atomic E-state index is 0.206. The molecule has 0 amide bonds. The van der Waals surface area contributed by atoms with Gasteiger partial charge in [-0.15, -0.1) is 0 Å². The summed E-state index contributed by atoms with van der Waals surface area (Å²) in [5, 5.41) is 3.43. The Morgan fingerprint density at radius 3 is 2.90 bits per heavy atom. The Morgan fingerprint density at radius 2 is 2.10 bits per heavy atom. The van der Waals surface area contributed by atoms with Gasteiger partial charge in [-0.25, -0.2) is 0 Å². The third-order valence-corrected chi connectivity index (χ3v) is 4.20. The van der Waals surface area contributed by atoms with Crippen LogP contribution in [0.15, 0.2) is 18.2 Å². The summed E-state index contributed by atoms with van der Waals surface area (Å²) in [5.74, 6) is 0.990. The number of likely N-dealkylation sites (tertiary alicyclic amines) is 1. The number of nitrogens with one attached hydrogen (secondary N) is 1. The van der Waals surface area contributed by atoms with Crippen LogP contribution in [0.4, 0.5) is 5.69 Å². The highest BCUT2D eigenvalue weighted by atomic mass is 16.5. The van der Waals surface area contributed by atoms with Crippen molar-refractivity contribution in [2.24, 2.45) is 5.73 Å². The van der Waals surface area contributed by atoms with Crippen molar-refractivity contribution in [1.29, 1.82) is 0 Å². The zero-order chi connectivity index (χ0) is 13.8. The topological polar surface area (TPSA) is 50.5 Å². The Labute approximate surface area is 121 Å². The zero-order valence-electron chi connectivity index (χ0n) is 12.1. The largest absolute Gasteiger partial charge is 0.486 e. The fraction of sp³-hybridized carbons (Fsp3) is 0.625. The molecule has 1 unspecified atom stereocenters. The summed E-state index contributed by atoms with van der Waals surface area (Å²) < 4.78 is 6.04. The second-order valence-electron chi connectivity index (χ2n) is 5.87. The maximum absolute atomic E-state index is 6.04. The normalized spacial score (nSPS) is 22.8. The minimum absolute atomic E-state index is 0.206. The van der Waals surface area contributed by atoms with E-state index in [-0.39, 0.29) is 6.10 Å². The van der Waals surface area contributed by atoms with Crippen molar-refractivity contribution in [1.82, 2.24) is 4.90 Å². The fourth-order valence-electron chi connectivity index (χ4n) is 3.08. The molecule has 4 nitrogen and oxygen atoms in total. The Bertz CT molecular complexity index is 443. The van der Waals surface area contributed by atoms with Crippen molar-refractivity contribution in [3.8, 4) is 5.75 Å². The summed E-state index contributed by atoms with van der Waals surface area (Å²) in [6, 6.07) is 6.56. The van der Waals surface area contributed by atoms with Crippen LogP contribution in [0.3, 0.4) is 0 Å². The molecule has 2 aliphatic heterocycles. The molecule has 1 atom stereocenters. The minimum Gasteiger partial charge on any atom is -0.486 e. The number of fused-ring (bicyclic) bond motifs is 1. The second-order valence-corrected chi connectivity index (χ2v) is 5.87. The molecule has 2 aliphatic rings. The lowest BCUT2D eigenvalue weighted by Gasteiger charge is -2.29. The van der Waals surface area contributed by atoms with E-state index in [1.165, 1.54) is 37.9 Å². The molecule has 1 aromatic rings. The molecule has 0 radical (unpaired) electrons. The number of hydrogen-bond acceptors (Lipinski definition) is 4. The number of rotatable bonds is 4. The van der Waals surface area contributed by atoms with E-state index in [4.69, 9.17) is 10.5 Å². The lowest BCUT2D eigenvalue weighted by molar-refractivity contribution is 0.196. The Kier molecular flexibility index (Phi) is 4.43. The first kappa shape index (κ1) is 13.7. The number of hydrogen-bond donors (Lipinski definition) is 2. The predicted molar refractivity (Wildman–Crippen MR) is 82.1 cm³/mol. The molecule has 0 bridgehead atoms. The molecule has 0 aromatic heterocycles. The van der Waals surface area contributed by atoms with Crippen LogP contribution in [0.5, 0.6) is 5.75 Å². The van der Waals surface area contributed by atoms with Crippen LogP contribution in [0.2, 0.25) is 0 Å². The van der Waals surface area contributed by atoms with E-state index in [2.05, 4.69) is 28.4 Å². The van der Waals surface area contributed by atoms with Gasteiger partial charge in [-0.05, 0) is 56.6 Å². The number of benzene rings is 1. The maximum Gasteiger partial charge on any atom is 0.143 e. The summed E-state index contributed by atoms with van der Waals surface area (Å²) in [5.41, 5.74) is 8.08. The molecular formula is C16H25N3O. The van der Waals surface area contributed by atoms with E-state index < -0.39 is 0 Å². The second kappa shape index (κ2) is 6.46. The van der Waals surface area contributed by atoms with Gasteiger partial charge in [0.2, 0.25) is 0 Å². The highest BCUT2D eigenvalue weighted by Crippen LogP contribution is 2.31. The van der Waals surface area contributed by atoms with Gasteiger partial charge in [-0.3, -0.25) is 4.90 Å².